The van der Waals surface area contributed by atoms with Gasteiger partial charge in [-0.1, -0.05) is 0 Å². The summed E-state index contributed by atoms with van der Waals surface area (Å²) in [7, 11) is 0. The van der Waals surface area contributed by atoms with Crippen LogP contribution in [0, 0.1) is 0 Å². The van der Waals surface area contributed by atoms with E-state index in [-0.39, 0.29) is 6.04 Å². The van der Waals surface area contributed by atoms with Crippen LogP contribution in [0.1, 0.15) is 0 Å². The lowest BCUT2D eigenvalue weighted by Gasteiger charge is -2.03. The monoisotopic (exact) mass is 116 g/mol. The van der Waals surface area contributed by atoms with Gasteiger partial charge in [0.05, 0.1) is 13.2 Å². The third-order valence-corrected chi connectivity index (χ3v) is 1.16. The molecule has 0 aliphatic carbocycles. The Bertz CT molecular complexity index is 59.4. The van der Waals surface area contributed by atoms with Crippen LogP contribution in [0.2, 0.25) is 0 Å². The van der Waals surface area contributed by atoms with Gasteiger partial charge >= 0.3 is 0 Å². The lowest BCUT2D eigenvalue weighted by molar-refractivity contribution is 0.142. The van der Waals surface area contributed by atoms with Crippen molar-refractivity contribution in [2.75, 3.05) is 26.3 Å². The minimum Gasteiger partial charge on any atom is -0.378 e. The van der Waals surface area contributed by atoms with Gasteiger partial charge in [0.1, 0.15) is 0 Å². The second-order valence-electron chi connectivity index (χ2n) is 2.04. The zero-order valence-corrected chi connectivity index (χ0v) is 4.89. The molecule has 0 unspecified atom stereocenters. The predicted molar refractivity (Wildman–Crippen MR) is 31.7 cm³/mol. The Labute approximate surface area is 49.2 Å². The molecule has 1 saturated heterocycles. The van der Waals surface area contributed by atoms with Crippen LogP contribution in [0.3, 0.4) is 0 Å². The fourth-order valence-electron chi connectivity index (χ4n) is 0.725. The third kappa shape index (κ3) is 1.78. The zero-order chi connectivity index (χ0) is 5.82. The quantitative estimate of drug-likeness (QED) is 0.424. The van der Waals surface area contributed by atoms with E-state index in [4.69, 9.17) is 10.5 Å². The lowest BCUT2D eigenvalue weighted by atomic mass is 10.3. The van der Waals surface area contributed by atoms with Crippen molar-refractivity contribution in [3.05, 3.63) is 0 Å². The summed E-state index contributed by atoms with van der Waals surface area (Å²) in [6.45, 7) is 3.33. The van der Waals surface area contributed by atoms with Gasteiger partial charge in [0.15, 0.2) is 0 Å². The van der Waals surface area contributed by atoms with E-state index in [2.05, 4.69) is 5.32 Å². The molecule has 1 atom stereocenters. The van der Waals surface area contributed by atoms with Gasteiger partial charge in [0.2, 0.25) is 0 Å². The molecule has 0 aromatic carbocycles. The number of hydrogen-bond acceptors (Lipinski definition) is 3. The van der Waals surface area contributed by atoms with Crippen LogP contribution in [0.25, 0.3) is 0 Å². The number of nitrogens with two attached hydrogens (primary N) is 1. The van der Waals surface area contributed by atoms with Crippen LogP contribution in [0.5, 0.6) is 0 Å². The summed E-state index contributed by atoms with van der Waals surface area (Å²) in [4.78, 5) is 0. The summed E-state index contributed by atoms with van der Waals surface area (Å²) in [5.41, 5.74) is 5.55. The number of nitrogens with one attached hydrogen (secondary N) is 1. The number of hydrogen-bond donors (Lipinski definition) is 2. The Morgan fingerprint density at radius 3 is 3.38 bits per heavy atom. The summed E-state index contributed by atoms with van der Waals surface area (Å²) in [6, 6.07) is 0.192. The third-order valence-electron chi connectivity index (χ3n) is 1.16. The molecule has 0 aromatic heterocycles. The number of rotatable bonds is 0. The molecule has 1 aliphatic heterocycles. The molecule has 3 nitrogen and oxygen atoms in total. The summed E-state index contributed by atoms with van der Waals surface area (Å²) < 4.78 is 5.12. The van der Waals surface area contributed by atoms with E-state index >= 15 is 0 Å². The normalized spacial score (nSPS) is 31.9. The fraction of sp³-hybridized carbons (Fsp3) is 1.00. The van der Waals surface area contributed by atoms with Crippen LogP contribution < -0.4 is 11.1 Å². The van der Waals surface area contributed by atoms with Crippen LogP contribution in [-0.4, -0.2) is 32.3 Å². The van der Waals surface area contributed by atoms with Crippen LogP contribution >= 0.6 is 0 Å². The molecule has 0 saturated carbocycles. The van der Waals surface area contributed by atoms with E-state index in [0.717, 1.165) is 19.7 Å². The van der Waals surface area contributed by atoms with E-state index in [1.807, 2.05) is 0 Å². The molecule has 48 valence electrons. The Morgan fingerprint density at radius 1 is 1.62 bits per heavy atom. The molecule has 0 amide bonds. The van der Waals surface area contributed by atoms with Crippen molar-refractivity contribution in [2.24, 2.45) is 5.73 Å². The molecular formula is C5H12N2O. The van der Waals surface area contributed by atoms with E-state index in [1.54, 1.807) is 0 Å². The first-order valence-electron chi connectivity index (χ1n) is 2.93. The lowest BCUT2D eigenvalue weighted by Crippen LogP contribution is -2.34. The topological polar surface area (TPSA) is 47.3 Å². The smallest absolute Gasteiger partial charge is 0.0630 e. The van der Waals surface area contributed by atoms with Crippen molar-refractivity contribution in [2.45, 2.75) is 6.04 Å². The number of ether oxygens (including phenoxy) is 1. The van der Waals surface area contributed by atoms with Crippen molar-refractivity contribution >= 4 is 0 Å². The van der Waals surface area contributed by atoms with Crippen molar-refractivity contribution in [3.63, 3.8) is 0 Å². The first-order chi connectivity index (χ1) is 3.89. The molecule has 1 rings (SSSR count). The van der Waals surface area contributed by atoms with Crippen molar-refractivity contribution < 1.29 is 4.74 Å². The molecule has 1 aliphatic rings. The van der Waals surface area contributed by atoms with Crippen LogP contribution in [-0.2, 0) is 4.74 Å². The molecule has 0 aromatic rings. The van der Waals surface area contributed by atoms with Crippen molar-refractivity contribution in [3.8, 4) is 0 Å². The maximum Gasteiger partial charge on any atom is 0.0630 e. The Balaban J connectivity index is 2.17. The van der Waals surface area contributed by atoms with E-state index in [1.165, 1.54) is 0 Å². The maximum atomic E-state index is 5.55. The van der Waals surface area contributed by atoms with Gasteiger partial charge in [0.25, 0.3) is 0 Å². The second kappa shape index (κ2) is 3.02. The minimum absolute atomic E-state index is 0.192. The molecule has 0 bridgehead atoms. The first-order valence-corrected chi connectivity index (χ1v) is 2.93. The molecule has 0 spiro atoms. The van der Waals surface area contributed by atoms with Crippen molar-refractivity contribution in [1.29, 1.82) is 0 Å². The van der Waals surface area contributed by atoms with Crippen LogP contribution in [0.15, 0.2) is 0 Å². The molecule has 8 heavy (non-hydrogen) atoms. The average molecular weight is 116 g/mol. The summed E-state index contributed by atoms with van der Waals surface area (Å²) in [5.74, 6) is 0. The molecular weight excluding hydrogens is 104 g/mol. The standard InChI is InChI=1S/C5H12N2O/c6-5-3-7-1-2-8-4-5/h5,7H,1-4,6H2/t5-/m1/s1. The van der Waals surface area contributed by atoms with Gasteiger partial charge < -0.3 is 15.8 Å². The minimum atomic E-state index is 0.192. The highest BCUT2D eigenvalue weighted by atomic mass is 16.5. The summed E-state index contributed by atoms with van der Waals surface area (Å²) in [6.07, 6.45) is 0. The van der Waals surface area contributed by atoms with Gasteiger partial charge in [0, 0.05) is 19.1 Å². The Hall–Kier alpha value is -0.120. The average Bonchev–Trinajstić information content (AvgIpc) is 1.94. The molecule has 1 fully saturated rings. The Kier molecular flexibility index (Phi) is 2.27. The van der Waals surface area contributed by atoms with Gasteiger partial charge in [-0.05, 0) is 0 Å². The highest BCUT2D eigenvalue weighted by molar-refractivity contribution is 4.65. The maximum absolute atomic E-state index is 5.55. The van der Waals surface area contributed by atoms with E-state index in [9.17, 15) is 0 Å². The Morgan fingerprint density at radius 2 is 2.50 bits per heavy atom. The van der Waals surface area contributed by atoms with Crippen molar-refractivity contribution in [1.82, 2.24) is 5.32 Å². The van der Waals surface area contributed by atoms with E-state index in [0.29, 0.717) is 6.61 Å². The fourth-order valence-corrected chi connectivity index (χ4v) is 0.725. The molecule has 3 N–H and O–H groups in total. The second-order valence-corrected chi connectivity index (χ2v) is 2.04. The van der Waals surface area contributed by atoms with Gasteiger partial charge in [-0.25, -0.2) is 0 Å². The van der Waals surface area contributed by atoms with Crippen LogP contribution in [0.4, 0.5) is 0 Å². The summed E-state index contributed by atoms with van der Waals surface area (Å²) in [5, 5.41) is 3.15. The zero-order valence-electron chi connectivity index (χ0n) is 4.89. The molecule has 3 heteroatoms. The first kappa shape index (κ1) is 6.01. The van der Waals surface area contributed by atoms with E-state index < -0.39 is 0 Å². The highest BCUT2D eigenvalue weighted by Crippen LogP contribution is 1.84. The highest BCUT2D eigenvalue weighted by Gasteiger charge is 2.04. The SMILES string of the molecule is N[C@@H]1CNCCOC1. The van der Waals surface area contributed by atoms with Gasteiger partial charge in [-0.2, -0.15) is 0 Å². The van der Waals surface area contributed by atoms with Gasteiger partial charge in [-0.3, -0.25) is 0 Å². The van der Waals surface area contributed by atoms with Gasteiger partial charge in [-0.15, -0.1) is 0 Å². The largest absolute Gasteiger partial charge is 0.378 e. The molecule has 1 heterocycles. The predicted octanol–water partition coefficient (Wildman–Crippen LogP) is -1.07. The summed E-state index contributed by atoms with van der Waals surface area (Å²) >= 11 is 0. The molecule has 0 radical (unpaired) electrons.